The lowest BCUT2D eigenvalue weighted by molar-refractivity contribution is -0.128. The van der Waals surface area contributed by atoms with Crippen LogP contribution >= 0.6 is 35.3 Å². The smallest absolute Gasteiger partial charge is 0.223 e. The second kappa shape index (κ2) is 10.8. The van der Waals surface area contributed by atoms with Gasteiger partial charge in [-0.3, -0.25) is 9.79 Å². The number of thiazole rings is 1. The molecule has 2 N–H and O–H groups in total. The minimum absolute atomic E-state index is 0. The first-order valence-corrected chi connectivity index (χ1v) is 7.91. The van der Waals surface area contributed by atoms with Crippen LogP contribution in [0.2, 0.25) is 0 Å². The summed E-state index contributed by atoms with van der Waals surface area (Å²) in [7, 11) is 5.22. The van der Waals surface area contributed by atoms with Crippen molar-refractivity contribution >= 4 is 47.2 Å². The van der Waals surface area contributed by atoms with Crippen molar-refractivity contribution in [2.45, 2.75) is 32.7 Å². The molecule has 0 bridgehead atoms. The molecule has 0 unspecified atom stereocenters. The van der Waals surface area contributed by atoms with E-state index in [4.69, 9.17) is 0 Å². The van der Waals surface area contributed by atoms with Crippen LogP contribution in [-0.4, -0.2) is 49.4 Å². The van der Waals surface area contributed by atoms with E-state index in [1.807, 2.05) is 0 Å². The molecule has 1 rings (SSSR count). The lowest BCUT2D eigenvalue weighted by Crippen LogP contribution is -2.38. The van der Waals surface area contributed by atoms with Crippen molar-refractivity contribution in [3.8, 4) is 0 Å². The van der Waals surface area contributed by atoms with E-state index in [1.54, 1.807) is 37.4 Å². The van der Waals surface area contributed by atoms with E-state index in [0.717, 1.165) is 10.7 Å². The van der Waals surface area contributed by atoms with Crippen LogP contribution in [0.25, 0.3) is 0 Å². The van der Waals surface area contributed by atoms with E-state index in [-0.39, 0.29) is 29.9 Å². The fraction of sp³-hybridized carbons (Fsp3) is 0.643. The summed E-state index contributed by atoms with van der Waals surface area (Å²) >= 11 is 1.65. The second-order valence-corrected chi connectivity index (χ2v) is 6.15. The quantitative estimate of drug-likeness (QED) is 0.405. The summed E-state index contributed by atoms with van der Waals surface area (Å²) in [6.07, 6.45) is 0.447. The van der Waals surface area contributed by atoms with Gasteiger partial charge in [-0.2, -0.15) is 0 Å². The summed E-state index contributed by atoms with van der Waals surface area (Å²) in [5.74, 6) is 1.23. The van der Waals surface area contributed by atoms with E-state index in [1.165, 1.54) is 0 Å². The molecular formula is C14H26IN5OS. The molecule has 6 nitrogen and oxygen atoms in total. The Balaban J connectivity index is 0.00000441. The molecular weight excluding hydrogens is 413 g/mol. The molecule has 0 aliphatic rings. The minimum Gasteiger partial charge on any atom is -0.356 e. The molecule has 1 aromatic rings. The maximum atomic E-state index is 11.5. The summed E-state index contributed by atoms with van der Waals surface area (Å²) in [4.78, 5) is 21.8. The standard InChI is InChI=1S/C14H25N5OS.HI/c1-10(2)11-9-21-12(18-11)8-17-14(15-3)16-7-6-13(20)19(4)5;/h9-10H,6-8H2,1-5H3,(H2,15,16,17);1H. The molecule has 8 heteroatoms. The third-order valence-electron chi connectivity index (χ3n) is 2.92. The van der Waals surface area contributed by atoms with Crippen LogP contribution in [0.3, 0.4) is 0 Å². The normalized spacial score (nSPS) is 11.1. The number of nitrogens with zero attached hydrogens (tertiary/aromatic N) is 3. The number of amides is 1. The summed E-state index contributed by atoms with van der Waals surface area (Å²) in [6, 6.07) is 0. The van der Waals surface area contributed by atoms with Crippen LogP contribution in [0.4, 0.5) is 0 Å². The van der Waals surface area contributed by atoms with Crippen LogP contribution in [0.1, 0.15) is 36.9 Å². The van der Waals surface area contributed by atoms with Crippen LogP contribution in [0.15, 0.2) is 10.4 Å². The van der Waals surface area contributed by atoms with Crippen molar-refractivity contribution in [2.24, 2.45) is 4.99 Å². The number of aliphatic imine (C=N–C) groups is 1. The number of halogens is 1. The van der Waals surface area contributed by atoms with Crippen molar-refractivity contribution in [3.05, 3.63) is 16.1 Å². The van der Waals surface area contributed by atoms with Crippen molar-refractivity contribution in [3.63, 3.8) is 0 Å². The molecule has 0 radical (unpaired) electrons. The molecule has 1 aromatic heterocycles. The fourth-order valence-electron chi connectivity index (χ4n) is 1.56. The van der Waals surface area contributed by atoms with Gasteiger partial charge in [-0.25, -0.2) is 4.98 Å². The summed E-state index contributed by atoms with van der Waals surface area (Å²) < 4.78 is 0. The number of carbonyl (C=O) groups is 1. The number of hydrogen-bond acceptors (Lipinski definition) is 4. The second-order valence-electron chi connectivity index (χ2n) is 5.21. The van der Waals surface area contributed by atoms with E-state index in [2.05, 4.69) is 39.8 Å². The fourth-order valence-corrected chi connectivity index (χ4v) is 2.46. The van der Waals surface area contributed by atoms with E-state index in [0.29, 0.717) is 31.4 Å². The van der Waals surface area contributed by atoms with Crippen LogP contribution in [-0.2, 0) is 11.3 Å². The van der Waals surface area contributed by atoms with Gasteiger partial charge in [-0.1, -0.05) is 13.8 Å². The van der Waals surface area contributed by atoms with Gasteiger partial charge in [-0.15, -0.1) is 35.3 Å². The maximum Gasteiger partial charge on any atom is 0.223 e. The number of nitrogens with one attached hydrogen (secondary N) is 2. The number of guanidine groups is 1. The zero-order chi connectivity index (χ0) is 15.8. The van der Waals surface area contributed by atoms with E-state index < -0.39 is 0 Å². The van der Waals surface area contributed by atoms with Crippen LogP contribution in [0, 0.1) is 0 Å². The summed E-state index contributed by atoms with van der Waals surface area (Å²) in [5.41, 5.74) is 1.12. The van der Waals surface area contributed by atoms with Gasteiger partial charge in [0, 0.05) is 39.5 Å². The number of hydrogen-bond donors (Lipinski definition) is 2. The first-order chi connectivity index (χ1) is 9.93. The van der Waals surface area contributed by atoms with Crippen molar-refractivity contribution < 1.29 is 4.79 Å². The first kappa shape index (κ1) is 21.1. The monoisotopic (exact) mass is 439 g/mol. The Morgan fingerprint density at radius 3 is 2.59 bits per heavy atom. The highest BCUT2D eigenvalue weighted by atomic mass is 127. The largest absolute Gasteiger partial charge is 0.356 e. The molecule has 0 saturated carbocycles. The lowest BCUT2D eigenvalue weighted by Gasteiger charge is -2.13. The molecule has 22 heavy (non-hydrogen) atoms. The van der Waals surface area contributed by atoms with Crippen molar-refractivity contribution in [2.75, 3.05) is 27.7 Å². The minimum atomic E-state index is 0. The van der Waals surface area contributed by atoms with Gasteiger partial charge in [-0.05, 0) is 5.92 Å². The molecule has 0 aliphatic heterocycles. The highest BCUT2D eigenvalue weighted by molar-refractivity contribution is 14.0. The van der Waals surface area contributed by atoms with Gasteiger partial charge >= 0.3 is 0 Å². The predicted molar refractivity (Wildman–Crippen MR) is 103 cm³/mol. The molecule has 0 atom stereocenters. The Hall–Kier alpha value is -0.900. The van der Waals surface area contributed by atoms with E-state index >= 15 is 0 Å². The Morgan fingerprint density at radius 1 is 1.41 bits per heavy atom. The number of aromatic nitrogens is 1. The molecule has 1 amide bonds. The van der Waals surface area contributed by atoms with Gasteiger partial charge in [0.1, 0.15) is 5.01 Å². The van der Waals surface area contributed by atoms with Gasteiger partial charge in [0.15, 0.2) is 5.96 Å². The topological polar surface area (TPSA) is 69.6 Å². The van der Waals surface area contributed by atoms with Gasteiger partial charge in [0.05, 0.1) is 12.2 Å². The third-order valence-corrected chi connectivity index (χ3v) is 3.79. The first-order valence-electron chi connectivity index (χ1n) is 7.03. The number of carbonyl (C=O) groups excluding carboxylic acids is 1. The molecule has 126 valence electrons. The number of rotatable bonds is 6. The summed E-state index contributed by atoms with van der Waals surface area (Å²) in [5, 5.41) is 9.45. The Morgan fingerprint density at radius 2 is 2.09 bits per heavy atom. The van der Waals surface area contributed by atoms with Gasteiger partial charge in [0.2, 0.25) is 5.91 Å². The molecule has 0 saturated heterocycles. The molecule has 0 fully saturated rings. The van der Waals surface area contributed by atoms with Gasteiger partial charge in [0.25, 0.3) is 0 Å². The van der Waals surface area contributed by atoms with Crippen molar-refractivity contribution in [1.82, 2.24) is 20.5 Å². The highest BCUT2D eigenvalue weighted by Gasteiger charge is 2.07. The van der Waals surface area contributed by atoms with E-state index in [9.17, 15) is 4.79 Å². The highest BCUT2D eigenvalue weighted by Crippen LogP contribution is 2.17. The van der Waals surface area contributed by atoms with Gasteiger partial charge < -0.3 is 15.5 Å². The molecule has 0 spiro atoms. The predicted octanol–water partition coefficient (Wildman–Crippen LogP) is 2.03. The average Bonchev–Trinajstić information content (AvgIpc) is 2.91. The molecule has 1 heterocycles. The zero-order valence-electron chi connectivity index (χ0n) is 13.8. The Bertz CT molecular complexity index is 487. The van der Waals surface area contributed by atoms with Crippen molar-refractivity contribution in [1.29, 1.82) is 0 Å². The third kappa shape index (κ3) is 7.39. The molecule has 0 aromatic carbocycles. The average molecular weight is 439 g/mol. The zero-order valence-corrected chi connectivity index (χ0v) is 17.0. The molecule has 0 aliphatic carbocycles. The lowest BCUT2D eigenvalue weighted by atomic mass is 10.2. The Kier molecular flexibility index (Phi) is 10.3. The Labute approximate surface area is 153 Å². The van der Waals surface area contributed by atoms with Crippen LogP contribution < -0.4 is 10.6 Å². The summed E-state index contributed by atoms with van der Waals surface area (Å²) in [6.45, 7) is 5.47. The SMILES string of the molecule is CN=C(NCCC(=O)N(C)C)NCc1nc(C(C)C)cs1.I. The van der Waals surface area contributed by atoms with Crippen LogP contribution in [0.5, 0.6) is 0 Å². The maximum absolute atomic E-state index is 11.5.